The quantitative estimate of drug-likeness (QED) is 0.175. The number of aromatic nitrogens is 1. The summed E-state index contributed by atoms with van der Waals surface area (Å²) < 4.78 is 2.54. The van der Waals surface area contributed by atoms with Gasteiger partial charge < -0.3 is 15.2 Å². The van der Waals surface area contributed by atoms with E-state index in [1.165, 1.54) is 77.6 Å². The molecule has 10 aromatic rings. The van der Waals surface area contributed by atoms with E-state index in [9.17, 15) is 0 Å². The highest BCUT2D eigenvalue weighted by Crippen LogP contribution is 2.62. The highest BCUT2D eigenvalue weighted by Gasteiger charge is 2.51. The molecule has 9 aromatic carbocycles. The Kier molecular flexibility index (Phi) is 7.88. The van der Waals surface area contributed by atoms with Crippen molar-refractivity contribution >= 4 is 44.5 Å². The number of para-hydroxylation sites is 3. The van der Waals surface area contributed by atoms with Gasteiger partial charge in [0, 0.05) is 27.7 Å². The number of benzene rings is 9. The fraction of sp³-hybridized carbons (Fsp3) is 0.0333. The first-order valence-electron chi connectivity index (χ1n) is 21.9. The summed E-state index contributed by atoms with van der Waals surface area (Å²) in [5.74, 6) is 0. The second-order valence-electron chi connectivity index (χ2n) is 16.9. The molecule has 63 heavy (non-hydrogen) atoms. The third kappa shape index (κ3) is 5.27. The van der Waals surface area contributed by atoms with E-state index >= 15 is 0 Å². The maximum absolute atomic E-state index is 4.04. The van der Waals surface area contributed by atoms with Crippen LogP contribution in [0, 0.1) is 0 Å². The van der Waals surface area contributed by atoms with Crippen LogP contribution in [0.3, 0.4) is 0 Å². The number of dihydropyridines is 1. The predicted octanol–water partition coefficient (Wildman–Crippen LogP) is 14.6. The number of hydrogen-bond acceptors (Lipinski definition) is 2. The predicted molar refractivity (Wildman–Crippen MR) is 262 cm³/mol. The molecule has 3 heterocycles. The Labute approximate surface area is 367 Å². The van der Waals surface area contributed by atoms with E-state index in [4.69, 9.17) is 0 Å². The number of hydrogen-bond donors (Lipinski definition) is 2. The number of anilines is 2. The standard InChI is InChI=1S/C60H41N3/c1-4-19-39(20-5-1)53-36-43(37-54(62-53)40-21-6-2-7-22-40)41-23-18-24-42(35-41)48-38-52-59-57(58(48)61-44-25-8-3-9-26-44)47-29-12-16-33-55(47)63(59)56-34-17-15-32-51(56)60(52)49-30-13-10-27-45(49)46-28-11-14-31-50(46)60/h1-38,53,61-62H. The second-order valence-corrected chi connectivity index (χ2v) is 16.9. The topological polar surface area (TPSA) is 29.0 Å². The van der Waals surface area contributed by atoms with Gasteiger partial charge in [-0.1, -0.05) is 182 Å². The monoisotopic (exact) mass is 803 g/mol. The summed E-state index contributed by atoms with van der Waals surface area (Å²) in [6, 6.07) is 80.1. The molecule has 0 amide bonds. The summed E-state index contributed by atoms with van der Waals surface area (Å²) in [6.07, 6.45) is 4.69. The van der Waals surface area contributed by atoms with Gasteiger partial charge in [0.1, 0.15) is 0 Å². The van der Waals surface area contributed by atoms with Crippen molar-refractivity contribution in [3.05, 3.63) is 269 Å². The van der Waals surface area contributed by atoms with Gasteiger partial charge in [-0.05, 0) is 110 Å². The molecule has 0 fully saturated rings. The van der Waals surface area contributed by atoms with Gasteiger partial charge >= 0.3 is 0 Å². The molecule has 0 saturated heterocycles. The van der Waals surface area contributed by atoms with Gasteiger partial charge in [0.25, 0.3) is 0 Å². The number of nitrogens with one attached hydrogen (secondary N) is 2. The molecule has 1 unspecified atom stereocenters. The Morgan fingerprint density at radius 1 is 0.476 bits per heavy atom. The van der Waals surface area contributed by atoms with Gasteiger partial charge in [-0.3, -0.25) is 0 Å². The molecule has 296 valence electrons. The fourth-order valence-electron chi connectivity index (χ4n) is 11.0. The molecule has 1 atom stereocenters. The molecule has 2 aliphatic heterocycles. The molecular formula is C60H41N3. The second kappa shape index (κ2) is 14.0. The highest BCUT2D eigenvalue weighted by atomic mass is 15.0. The van der Waals surface area contributed by atoms with Gasteiger partial charge in [0.05, 0.1) is 33.9 Å². The maximum Gasteiger partial charge on any atom is 0.0754 e. The van der Waals surface area contributed by atoms with Gasteiger partial charge in [0.2, 0.25) is 0 Å². The Balaban J connectivity index is 1.13. The Hall–Kier alpha value is -8.14. The molecular weight excluding hydrogens is 763 g/mol. The average Bonchev–Trinajstić information content (AvgIpc) is 3.86. The third-order valence-electron chi connectivity index (χ3n) is 13.6. The van der Waals surface area contributed by atoms with Crippen molar-refractivity contribution in [1.82, 2.24) is 9.88 Å². The molecule has 0 bridgehead atoms. The molecule has 13 rings (SSSR count). The SMILES string of the molecule is C1=C(c2cccc(-c3cc4c5c(c3Nc3ccccc3)c3ccccc3n5-c3ccccc3C43c4ccccc4-c4ccccc43)c2)C=C(c2ccccc2)NC1c1ccccc1. The summed E-state index contributed by atoms with van der Waals surface area (Å²) in [5, 5.41) is 10.3. The number of nitrogens with zero attached hydrogens (tertiary/aromatic N) is 1. The van der Waals surface area contributed by atoms with Gasteiger partial charge in [-0.25, -0.2) is 0 Å². The highest BCUT2D eigenvalue weighted by molar-refractivity contribution is 6.21. The maximum atomic E-state index is 4.04. The normalized spacial score (nSPS) is 15.3. The molecule has 1 aliphatic carbocycles. The Bertz CT molecular complexity index is 3460. The van der Waals surface area contributed by atoms with Gasteiger partial charge in [-0.15, -0.1) is 0 Å². The number of fused-ring (bicyclic) bond motifs is 12. The lowest BCUT2D eigenvalue weighted by Crippen LogP contribution is -2.33. The molecule has 3 aliphatic rings. The molecule has 3 heteroatoms. The summed E-state index contributed by atoms with van der Waals surface area (Å²) >= 11 is 0. The van der Waals surface area contributed by atoms with E-state index in [2.05, 4.69) is 246 Å². The summed E-state index contributed by atoms with van der Waals surface area (Å²) in [6.45, 7) is 0. The van der Waals surface area contributed by atoms with Crippen LogP contribution in [0.2, 0.25) is 0 Å². The summed E-state index contributed by atoms with van der Waals surface area (Å²) in [7, 11) is 0. The van der Waals surface area contributed by atoms with Crippen molar-refractivity contribution in [1.29, 1.82) is 0 Å². The van der Waals surface area contributed by atoms with Crippen LogP contribution < -0.4 is 10.6 Å². The molecule has 1 aromatic heterocycles. The van der Waals surface area contributed by atoms with Crippen molar-refractivity contribution in [2.75, 3.05) is 5.32 Å². The van der Waals surface area contributed by atoms with Crippen LogP contribution in [-0.4, -0.2) is 4.57 Å². The van der Waals surface area contributed by atoms with Gasteiger partial charge in [-0.2, -0.15) is 0 Å². The first-order valence-corrected chi connectivity index (χ1v) is 21.9. The van der Waals surface area contributed by atoms with Crippen LogP contribution in [0.1, 0.15) is 45.0 Å². The summed E-state index contributed by atoms with van der Waals surface area (Å²) in [4.78, 5) is 0. The molecule has 2 N–H and O–H groups in total. The van der Waals surface area contributed by atoms with Crippen molar-refractivity contribution in [2.45, 2.75) is 11.5 Å². The van der Waals surface area contributed by atoms with Crippen LogP contribution >= 0.6 is 0 Å². The number of rotatable bonds is 6. The van der Waals surface area contributed by atoms with Crippen LogP contribution in [0.15, 0.2) is 231 Å². The van der Waals surface area contributed by atoms with Crippen molar-refractivity contribution in [3.8, 4) is 27.9 Å². The molecule has 3 nitrogen and oxygen atoms in total. The molecule has 0 radical (unpaired) electrons. The van der Waals surface area contributed by atoms with E-state index in [-0.39, 0.29) is 6.04 Å². The zero-order valence-corrected chi connectivity index (χ0v) is 34.5. The Morgan fingerprint density at radius 3 is 1.84 bits per heavy atom. The smallest absolute Gasteiger partial charge is 0.0754 e. The summed E-state index contributed by atoms with van der Waals surface area (Å²) in [5.41, 5.74) is 21.2. The first kappa shape index (κ1) is 35.6. The minimum Gasteiger partial charge on any atom is -0.374 e. The minimum absolute atomic E-state index is 0.00902. The Morgan fingerprint density at radius 2 is 1.08 bits per heavy atom. The lowest BCUT2D eigenvalue weighted by atomic mass is 9.65. The lowest BCUT2D eigenvalue weighted by molar-refractivity contribution is 0.749. The largest absolute Gasteiger partial charge is 0.374 e. The number of allylic oxidation sites excluding steroid dienone is 2. The molecule has 1 spiro atoms. The zero-order valence-electron chi connectivity index (χ0n) is 34.5. The first-order chi connectivity index (χ1) is 31.3. The van der Waals surface area contributed by atoms with Crippen molar-refractivity contribution < 1.29 is 0 Å². The van der Waals surface area contributed by atoms with Gasteiger partial charge in [0.15, 0.2) is 0 Å². The van der Waals surface area contributed by atoms with E-state index in [0.717, 1.165) is 33.8 Å². The average molecular weight is 804 g/mol. The minimum atomic E-state index is -0.558. The lowest BCUT2D eigenvalue weighted by Gasteiger charge is -2.40. The van der Waals surface area contributed by atoms with E-state index in [0.29, 0.717) is 0 Å². The van der Waals surface area contributed by atoms with Crippen molar-refractivity contribution in [2.24, 2.45) is 0 Å². The van der Waals surface area contributed by atoms with Crippen LogP contribution in [-0.2, 0) is 5.41 Å². The van der Waals surface area contributed by atoms with Crippen LogP contribution in [0.4, 0.5) is 11.4 Å². The fourth-order valence-corrected chi connectivity index (χ4v) is 11.0. The van der Waals surface area contributed by atoms with Crippen molar-refractivity contribution in [3.63, 3.8) is 0 Å². The van der Waals surface area contributed by atoms with Crippen LogP contribution in [0.5, 0.6) is 0 Å². The third-order valence-corrected chi connectivity index (χ3v) is 13.6. The van der Waals surface area contributed by atoms with E-state index < -0.39 is 5.41 Å². The zero-order chi connectivity index (χ0) is 41.5. The van der Waals surface area contributed by atoms with Crippen LogP contribution in [0.25, 0.3) is 61.0 Å². The van der Waals surface area contributed by atoms with E-state index in [1.54, 1.807) is 0 Å². The molecule has 0 saturated carbocycles. The van der Waals surface area contributed by atoms with E-state index in [1.807, 2.05) is 0 Å².